The molecule has 7 nitrogen and oxygen atoms in total. The first kappa shape index (κ1) is 22.9. The van der Waals surface area contributed by atoms with Crippen molar-refractivity contribution in [1.29, 1.82) is 0 Å². The number of anilines is 1. The van der Waals surface area contributed by atoms with Crippen LogP contribution in [0, 0.1) is 5.82 Å². The second-order valence-electron chi connectivity index (χ2n) is 9.32. The fraction of sp³-hybridized carbons (Fsp3) is 0.138. The lowest BCUT2D eigenvalue weighted by Crippen LogP contribution is -2.20. The third kappa shape index (κ3) is 4.54. The molecule has 0 fully saturated rings. The zero-order valence-electron chi connectivity index (χ0n) is 20.6. The monoisotopic (exact) mass is 491 g/mol. The van der Waals surface area contributed by atoms with Gasteiger partial charge in [0.15, 0.2) is 0 Å². The molecular weight excluding hydrogens is 465 g/mol. The Morgan fingerprint density at radius 2 is 1.86 bits per heavy atom. The highest BCUT2D eigenvalue weighted by atomic mass is 19.1. The molecule has 0 aliphatic carbocycles. The Bertz CT molecular complexity index is 1700. The number of pyridine rings is 2. The van der Waals surface area contributed by atoms with E-state index in [0.717, 1.165) is 74.5 Å². The number of H-pyrrole nitrogens is 2. The molecule has 0 spiro atoms. The minimum Gasteiger partial charge on any atom is -0.384 e. The largest absolute Gasteiger partial charge is 0.384 e. The molecule has 0 atom stereocenters. The number of hydrogen-bond donors (Lipinski definition) is 3. The van der Waals surface area contributed by atoms with Gasteiger partial charge in [0.25, 0.3) is 0 Å². The zero-order chi connectivity index (χ0) is 25.4. The van der Waals surface area contributed by atoms with Crippen LogP contribution in [0.25, 0.3) is 55.7 Å². The minimum absolute atomic E-state index is 0.275. The molecule has 37 heavy (non-hydrogen) atoms. The lowest BCUT2D eigenvalue weighted by molar-refractivity contribution is 0.425. The highest BCUT2D eigenvalue weighted by Gasteiger charge is 2.16. The van der Waals surface area contributed by atoms with E-state index in [1.807, 2.05) is 62.6 Å². The molecule has 6 rings (SSSR count). The van der Waals surface area contributed by atoms with E-state index >= 15 is 0 Å². The van der Waals surface area contributed by atoms with Crippen molar-refractivity contribution in [2.45, 2.75) is 0 Å². The predicted octanol–water partition coefficient (Wildman–Crippen LogP) is 5.95. The van der Waals surface area contributed by atoms with Crippen molar-refractivity contribution in [2.24, 2.45) is 0 Å². The summed E-state index contributed by atoms with van der Waals surface area (Å²) in [5, 5.41) is 12.0. The van der Waals surface area contributed by atoms with E-state index in [0.29, 0.717) is 0 Å². The van der Waals surface area contributed by atoms with Gasteiger partial charge in [-0.05, 0) is 79.8 Å². The molecule has 4 heterocycles. The first-order chi connectivity index (χ1) is 18.0. The van der Waals surface area contributed by atoms with Crippen molar-refractivity contribution in [3.8, 4) is 33.8 Å². The summed E-state index contributed by atoms with van der Waals surface area (Å²) in [4.78, 5) is 14.7. The van der Waals surface area contributed by atoms with Crippen LogP contribution in [-0.2, 0) is 0 Å². The fourth-order valence-corrected chi connectivity index (χ4v) is 4.57. The van der Waals surface area contributed by atoms with Gasteiger partial charge in [-0.25, -0.2) is 9.37 Å². The quantitative estimate of drug-likeness (QED) is 0.257. The van der Waals surface area contributed by atoms with Gasteiger partial charge in [-0.1, -0.05) is 12.1 Å². The summed E-state index contributed by atoms with van der Waals surface area (Å²) in [5.41, 5.74) is 8.41. The highest BCUT2D eigenvalue weighted by Crippen LogP contribution is 2.35. The molecule has 184 valence electrons. The summed E-state index contributed by atoms with van der Waals surface area (Å²) in [6, 6.07) is 21.0. The summed E-state index contributed by atoms with van der Waals surface area (Å²) < 4.78 is 14.6. The second-order valence-corrected chi connectivity index (χ2v) is 9.32. The molecule has 0 saturated heterocycles. The number of aromatic amines is 2. The second kappa shape index (κ2) is 9.48. The minimum atomic E-state index is -0.275. The Hall–Kier alpha value is -4.56. The summed E-state index contributed by atoms with van der Waals surface area (Å²) in [5.74, 6) is -0.275. The third-order valence-corrected chi connectivity index (χ3v) is 6.38. The number of likely N-dealkylation sites (N-methyl/N-ethyl adjacent to an activating group) is 1. The number of rotatable bonds is 7. The summed E-state index contributed by atoms with van der Waals surface area (Å²) in [7, 11) is 4.03. The maximum Gasteiger partial charge on any atom is 0.135 e. The van der Waals surface area contributed by atoms with Crippen molar-refractivity contribution < 1.29 is 4.39 Å². The third-order valence-electron chi connectivity index (χ3n) is 6.38. The van der Waals surface area contributed by atoms with Crippen LogP contribution < -0.4 is 5.32 Å². The van der Waals surface area contributed by atoms with Crippen LogP contribution in [0.4, 0.5) is 10.1 Å². The van der Waals surface area contributed by atoms with Gasteiger partial charge in [-0.15, -0.1) is 0 Å². The lowest BCUT2D eigenvalue weighted by Gasteiger charge is -2.13. The summed E-state index contributed by atoms with van der Waals surface area (Å²) in [6.07, 6.45) is 3.54. The maximum atomic E-state index is 14.6. The van der Waals surface area contributed by atoms with E-state index in [9.17, 15) is 4.39 Å². The Kier molecular flexibility index (Phi) is 5.86. The van der Waals surface area contributed by atoms with Crippen molar-refractivity contribution in [1.82, 2.24) is 30.0 Å². The molecule has 0 bridgehead atoms. The first-order valence-corrected chi connectivity index (χ1v) is 12.1. The van der Waals surface area contributed by atoms with E-state index in [4.69, 9.17) is 4.98 Å². The van der Waals surface area contributed by atoms with E-state index < -0.39 is 0 Å². The maximum absolute atomic E-state index is 14.6. The van der Waals surface area contributed by atoms with Gasteiger partial charge in [0, 0.05) is 47.6 Å². The van der Waals surface area contributed by atoms with Crippen LogP contribution in [-0.4, -0.2) is 57.2 Å². The van der Waals surface area contributed by atoms with Gasteiger partial charge in [-0.3, -0.25) is 10.1 Å². The van der Waals surface area contributed by atoms with Gasteiger partial charge in [0.05, 0.1) is 16.9 Å². The number of nitrogens with zero attached hydrogens (tertiary/aromatic N) is 4. The number of halogens is 1. The Morgan fingerprint density at radius 1 is 0.946 bits per heavy atom. The Labute approximate surface area is 213 Å². The van der Waals surface area contributed by atoms with E-state index in [1.165, 1.54) is 6.07 Å². The summed E-state index contributed by atoms with van der Waals surface area (Å²) >= 11 is 0. The predicted molar refractivity (Wildman–Crippen MR) is 147 cm³/mol. The van der Waals surface area contributed by atoms with Crippen LogP contribution in [0.5, 0.6) is 0 Å². The fourth-order valence-electron chi connectivity index (χ4n) is 4.57. The van der Waals surface area contributed by atoms with Crippen LogP contribution in [0.15, 0.2) is 79.1 Å². The molecule has 6 aromatic rings. The summed E-state index contributed by atoms with van der Waals surface area (Å²) in [6.45, 7) is 1.59. The van der Waals surface area contributed by atoms with Gasteiger partial charge >= 0.3 is 0 Å². The molecule has 4 aromatic heterocycles. The number of nitrogens with one attached hydrogen (secondary N) is 3. The molecule has 0 aliphatic rings. The topological polar surface area (TPSA) is 85.5 Å². The molecule has 0 aliphatic heterocycles. The SMILES string of the molecule is CN(C)CCNc1cc(F)cc(-c2cccc3[nH]c(-c4n[nH]c5ccc(-c6cccnc6)nc45)cc23)c1. The first-order valence-electron chi connectivity index (χ1n) is 12.1. The Morgan fingerprint density at radius 3 is 2.70 bits per heavy atom. The zero-order valence-corrected chi connectivity index (χ0v) is 20.6. The van der Waals surface area contributed by atoms with Gasteiger partial charge in [-0.2, -0.15) is 5.10 Å². The number of fused-ring (bicyclic) bond motifs is 2. The van der Waals surface area contributed by atoms with Crippen LogP contribution in [0.1, 0.15) is 0 Å². The van der Waals surface area contributed by atoms with Crippen molar-refractivity contribution in [3.05, 3.63) is 84.9 Å². The smallest absolute Gasteiger partial charge is 0.135 e. The average molecular weight is 492 g/mol. The highest BCUT2D eigenvalue weighted by molar-refractivity contribution is 6.00. The Balaban J connectivity index is 1.41. The van der Waals surface area contributed by atoms with Crippen molar-refractivity contribution in [3.63, 3.8) is 0 Å². The van der Waals surface area contributed by atoms with Gasteiger partial charge < -0.3 is 15.2 Å². The standard InChI is InChI=1S/C29H26FN7/c1-37(2)12-11-32-21-14-19(13-20(30)15-21)22-6-3-7-25-23(22)16-27(33-25)29-28-26(35-36-29)9-8-24(34-28)18-5-4-10-31-17-18/h3-10,13-17,32-33H,11-12H2,1-2H3,(H,35,36). The number of hydrogen-bond acceptors (Lipinski definition) is 5. The van der Waals surface area contributed by atoms with Crippen LogP contribution in [0.2, 0.25) is 0 Å². The van der Waals surface area contributed by atoms with E-state index in [2.05, 4.69) is 36.4 Å². The lowest BCUT2D eigenvalue weighted by atomic mass is 10.0. The molecule has 0 unspecified atom stereocenters. The number of aromatic nitrogens is 5. The van der Waals surface area contributed by atoms with Crippen molar-refractivity contribution in [2.75, 3.05) is 32.5 Å². The molecule has 3 N–H and O–H groups in total. The van der Waals surface area contributed by atoms with Crippen molar-refractivity contribution >= 4 is 27.6 Å². The van der Waals surface area contributed by atoms with E-state index in [-0.39, 0.29) is 5.82 Å². The molecule has 8 heteroatoms. The van der Waals surface area contributed by atoms with Gasteiger partial charge in [0.1, 0.15) is 17.0 Å². The molecule has 2 aromatic carbocycles. The normalized spacial score (nSPS) is 11.6. The average Bonchev–Trinajstić information content (AvgIpc) is 3.52. The van der Waals surface area contributed by atoms with Crippen LogP contribution >= 0.6 is 0 Å². The molecule has 0 radical (unpaired) electrons. The van der Waals surface area contributed by atoms with Gasteiger partial charge in [0.2, 0.25) is 0 Å². The molecular formula is C29H26FN7. The molecule has 0 amide bonds. The molecule has 0 saturated carbocycles. The van der Waals surface area contributed by atoms with E-state index in [1.54, 1.807) is 18.5 Å². The van der Waals surface area contributed by atoms with Crippen LogP contribution in [0.3, 0.4) is 0 Å². The number of benzene rings is 2.